The molecule has 14 heavy (non-hydrogen) atoms. The van der Waals surface area contributed by atoms with Crippen molar-refractivity contribution in [3.63, 3.8) is 0 Å². The Balaban J connectivity index is 2.48. The van der Waals surface area contributed by atoms with Crippen LogP contribution in [0.4, 0.5) is 0 Å². The van der Waals surface area contributed by atoms with Crippen molar-refractivity contribution in [2.75, 3.05) is 0 Å². The van der Waals surface area contributed by atoms with E-state index in [-0.39, 0.29) is 0 Å². The Kier molecular flexibility index (Phi) is 2.23. The number of pyridine rings is 1. The molecule has 0 aliphatic carbocycles. The molecule has 0 saturated carbocycles. The molecule has 0 N–H and O–H groups in total. The van der Waals surface area contributed by atoms with E-state index >= 15 is 0 Å². The number of aryl methyl sites for hydroxylation is 2. The van der Waals surface area contributed by atoms with Gasteiger partial charge in [-0.15, -0.1) is 0 Å². The molecule has 3 heteroatoms. The zero-order chi connectivity index (χ0) is 9.97. The fraction of sp³-hybridized carbons (Fsp3) is 0.182. The smallest absolute Gasteiger partial charge is 0.178 e. The van der Waals surface area contributed by atoms with Crippen molar-refractivity contribution >= 4 is 0 Å². The van der Waals surface area contributed by atoms with Crippen LogP contribution in [0.15, 0.2) is 30.6 Å². The Morgan fingerprint density at radius 3 is 2.57 bits per heavy atom. The van der Waals surface area contributed by atoms with Gasteiger partial charge in [0, 0.05) is 18.1 Å². The number of rotatable bonds is 1. The number of hydrogen-bond acceptors (Lipinski definition) is 3. The quantitative estimate of drug-likeness (QED) is 0.683. The minimum Gasteiger partial charge on any atom is -0.253 e. The standard InChI is InChI=1S/C11H11N3/c1-8-7-13-11(14-9(8)2)10-5-3-4-6-12-10/h3-7H,1-2H3. The fourth-order valence-electron chi connectivity index (χ4n) is 1.15. The Labute approximate surface area is 82.9 Å². The van der Waals surface area contributed by atoms with Crippen LogP contribution in [-0.4, -0.2) is 15.0 Å². The van der Waals surface area contributed by atoms with E-state index in [1.807, 2.05) is 38.2 Å². The van der Waals surface area contributed by atoms with Gasteiger partial charge in [-0.25, -0.2) is 9.97 Å². The van der Waals surface area contributed by atoms with Gasteiger partial charge in [-0.05, 0) is 31.5 Å². The Morgan fingerprint density at radius 1 is 1.07 bits per heavy atom. The van der Waals surface area contributed by atoms with Gasteiger partial charge < -0.3 is 0 Å². The van der Waals surface area contributed by atoms with Gasteiger partial charge in [0.25, 0.3) is 0 Å². The SMILES string of the molecule is Cc1cnc(-c2ccccn2)nc1C. The second kappa shape index (κ2) is 3.54. The van der Waals surface area contributed by atoms with Crippen LogP contribution in [0.3, 0.4) is 0 Å². The first-order valence-corrected chi connectivity index (χ1v) is 4.49. The zero-order valence-corrected chi connectivity index (χ0v) is 8.23. The predicted molar refractivity (Wildman–Crippen MR) is 54.7 cm³/mol. The molecule has 0 bridgehead atoms. The topological polar surface area (TPSA) is 38.7 Å². The van der Waals surface area contributed by atoms with Crippen LogP contribution in [0.2, 0.25) is 0 Å². The third kappa shape index (κ3) is 1.62. The van der Waals surface area contributed by atoms with Crippen molar-refractivity contribution in [1.82, 2.24) is 15.0 Å². The summed E-state index contributed by atoms with van der Waals surface area (Å²) in [5, 5.41) is 0. The van der Waals surface area contributed by atoms with E-state index in [9.17, 15) is 0 Å². The lowest BCUT2D eigenvalue weighted by Gasteiger charge is -2.01. The molecule has 2 aromatic heterocycles. The molecule has 0 aliphatic rings. The van der Waals surface area contributed by atoms with Crippen LogP contribution < -0.4 is 0 Å². The summed E-state index contributed by atoms with van der Waals surface area (Å²) in [6, 6.07) is 5.72. The molecule has 0 unspecified atom stereocenters. The first-order valence-electron chi connectivity index (χ1n) is 4.49. The highest BCUT2D eigenvalue weighted by molar-refractivity contribution is 5.48. The van der Waals surface area contributed by atoms with Crippen molar-refractivity contribution in [1.29, 1.82) is 0 Å². The summed E-state index contributed by atoms with van der Waals surface area (Å²) in [6.07, 6.45) is 3.57. The summed E-state index contributed by atoms with van der Waals surface area (Å²) >= 11 is 0. The number of nitrogens with zero attached hydrogens (tertiary/aromatic N) is 3. The van der Waals surface area contributed by atoms with E-state index in [0.717, 1.165) is 17.0 Å². The predicted octanol–water partition coefficient (Wildman–Crippen LogP) is 2.16. The lowest BCUT2D eigenvalue weighted by Crippen LogP contribution is -1.95. The van der Waals surface area contributed by atoms with E-state index in [0.29, 0.717) is 5.82 Å². The van der Waals surface area contributed by atoms with Crippen LogP contribution in [0.25, 0.3) is 11.5 Å². The molecule has 0 atom stereocenters. The highest BCUT2D eigenvalue weighted by Gasteiger charge is 2.02. The molecule has 2 rings (SSSR count). The summed E-state index contributed by atoms with van der Waals surface area (Å²) in [4.78, 5) is 12.8. The second-order valence-electron chi connectivity index (χ2n) is 3.18. The summed E-state index contributed by atoms with van der Waals surface area (Å²) in [7, 11) is 0. The van der Waals surface area contributed by atoms with E-state index < -0.39 is 0 Å². The molecule has 0 spiro atoms. The van der Waals surface area contributed by atoms with E-state index in [4.69, 9.17) is 0 Å². The van der Waals surface area contributed by atoms with E-state index in [1.165, 1.54) is 0 Å². The Hall–Kier alpha value is -1.77. The molecule has 2 aromatic rings. The maximum atomic E-state index is 4.37. The summed E-state index contributed by atoms with van der Waals surface area (Å²) in [5.74, 6) is 0.689. The van der Waals surface area contributed by atoms with Crippen LogP contribution in [0.5, 0.6) is 0 Å². The molecule has 0 saturated heterocycles. The van der Waals surface area contributed by atoms with Crippen molar-refractivity contribution in [3.8, 4) is 11.5 Å². The molecule has 3 nitrogen and oxygen atoms in total. The second-order valence-corrected chi connectivity index (χ2v) is 3.18. The van der Waals surface area contributed by atoms with Crippen LogP contribution >= 0.6 is 0 Å². The Morgan fingerprint density at radius 2 is 1.93 bits per heavy atom. The van der Waals surface area contributed by atoms with Gasteiger partial charge in [-0.1, -0.05) is 6.07 Å². The summed E-state index contributed by atoms with van der Waals surface area (Å²) in [6.45, 7) is 3.97. The molecule has 0 radical (unpaired) electrons. The third-order valence-corrected chi connectivity index (χ3v) is 2.12. The molecular formula is C11H11N3. The molecule has 70 valence electrons. The largest absolute Gasteiger partial charge is 0.253 e. The van der Waals surface area contributed by atoms with Crippen LogP contribution in [-0.2, 0) is 0 Å². The van der Waals surface area contributed by atoms with Crippen molar-refractivity contribution < 1.29 is 0 Å². The molecule has 0 aliphatic heterocycles. The maximum absolute atomic E-state index is 4.37. The normalized spacial score (nSPS) is 10.1. The summed E-state index contributed by atoms with van der Waals surface area (Å²) < 4.78 is 0. The average Bonchev–Trinajstić information content (AvgIpc) is 2.23. The molecule has 0 aromatic carbocycles. The maximum Gasteiger partial charge on any atom is 0.178 e. The van der Waals surface area contributed by atoms with E-state index in [1.54, 1.807) is 6.20 Å². The third-order valence-electron chi connectivity index (χ3n) is 2.12. The zero-order valence-electron chi connectivity index (χ0n) is 8.23. The monoisotopic (exact) mass is 185 g/mol. The first kappa shape index (κ1) is 8.81. The lowest BCUT2D eigenvalue weighted by atomic mass is 10.2. The highest BCUT2D eigenvalue weighted by Crippen LogP contribution is 2.11. The Bertz CT molecular complexity index is 438. The summed E-state index contributed by atoms with van der Waals surface area (Å²) in [5.41, 5.74) is 2.92. The van der Waals surface area contributed by atoms with Gasteiger partial charge in [0.1, 0.15) is 5.69 Å². The molecule has 0 fully saturated rings. The average molecular weight is 185 g/mol. The highest BCUT2D eigenvalue weighted by atomic mass is 14.9. The first-order chi connectivity index (χ1) is 6.77. The van der Waals surface area contributed by atoms with Crippen LogP contribution in [0.1, 0.15) is 11.3 Å². The van der Waals surface area contributed by atoms with Crippen LogP contribution in [0, 0.1) is 13.8 Å². The molecule has 0 amide bonds. The van der Waals surface area contributed by atoms with Gasteiger partial charge in [-0.3, -0.25) is 4.98 Å². The number of aromatic nitrogens is 3. The van der Waals surface area contributed by atoms with Crippen molar-refractivity contribution in [3.05, 3.63) is 41.9 Å². The minimum absolute atomic E-state index is 0.689. The van der Waals surface area contributed by atoms with E-state index in [2.05, 4.69) is 15.0 Å². The number of hydrogen-bond donors (Lipinski definition) is 0. The lowest BCUT2D eigenvalue weighted by molar-refractivity contribution is 1.06. The fourth-order valence-corrected chi connectivity index (χ4v) is 1.15. The van der Waals surface area contributed by atoms with Gasteiger partial charge in [-0.2, -0.15) is 0 Å². The minimum atomic E-state index is 0.689. The van der Waals surface area contributed by atoms with Crippen molar-refractivity contribution in [2.45, 2.75) is 13.8 Å². The van der Waals surface area contributed by atoms with Gasteiger partial charge in [0.05, 0.1) is 0 Å². The van der Waals surface area contributed by atoms with Gasteiger partial charge >= 0.3 is 0 Å². The molecule has 2 heterocycles. The van der Waals surface area contributed by atoms with Gasteiger partial charge in [0.2, 0.25) is 0 Å². The van der Waals surface area contributed by atoms with Gasteiger partial charge in [0.15, 0.2) is 5.82 Å². The molecular weight excluding hydrogens is 174 g/mol. The van der Waals surface area contributed by atoms with Crippen molar-refractivity contribution in [2.24, 2.45) is 0 Å².